The van der Waals surface area contributed by atoms with Crippen LogP contribution >= 0.6 is 0 Å². The number of nitrogens with two attached hydrogens (primary N) is 1. The van der Waals surface area contributed by atoms with E-state index in [2.05, 4.69) is 5.32 Å². The van der Waals surface area contributed by atoms with Crippen LogP contribution in [0.25, 0.3) is 0 Å². The van der Waals surface area contributed by atoms with Crippen LogP contribution < -0.4 is 11.1 Å². The Kier molecular flexibility index (Phi) is 7.59. The molecule has 9 N–H and O–H groups in total. The van der Waals surface area contributed by atoms with Gasteiger partial charge in [-0.15, -0.1) is 0 Å². The maximum Gasteiger partial charge on any atom is 0.320 e. The number of carbonyl (C=O) groups is 1. The number of aliphatic hydroxyl groups is 5. The number of nitrogens with one attached hydrogen (secondary N) is 1. The van der Waals surface area contributed by atoms with Crippen LogP contribution in [0.2, 0.25) is 0 Å². The Morgan fingerprint density at radius 3 is 2.32 bits per heavy atom. The average Bonchev–Trinajstić information content (AvgIpc) is 2.50. The van der Waals surface area contributed by atoms with Crippen LogP contribution in [0.15, 0.2) is 0 Å². The Morgan fingerprint density at radius 2 is 1.82 bits per heavy atom. The van der Waals surface area contributed by atoms with Crippen LogP contribution in [0.1, 0.15) is 12.8 Å². The summed E-state index contributed by atoms with van der Waals surface area (Å²) in [5.41, 5.74) is 5.24. The van der Waals surface area contributed by atoms with E-state index in [1.54, 1.807) is 0 Å². The lowest BCUT2D eigenvalue weighted by atomic mass is 9.97. The quantitative estimate of drug-likeness (QED) is 0.218. The fourth-order valence-electron chi connectivity index (χ4n) is 2.19. The molecule has 0 aromatic rings. The van der Waals surface area contributed by atoms with Gasteiger partial charge in [0.15, 0.2) is 0 Å². The molecule has 0 radical (unpaired) electrons. The van der Waals surface area contributed by atoms with E-state index in [1.165, 1.54) is 0 Å². The van der Waals surface area contributed by atoms with Gasteiger partial charge in [-0.2, -0.15) is 0 Å². The van der Waals surface area contributed by atoms with Gasteiger partial charge in [0, 0.05) is 6.54 Å². The predicted molar refractivity (Wildman–Crippen MR) is 72.6 cm³/mol. The Hall–Kier alpha value is -0.850. The zero-order valence-electron chi connectivity index (χ0n) is 11.9. The minimum absolute atomic E-state index is 0.00755. The van der Waals surface area contributed by atoms with Gasteiger partial charge in [-0.3, -0.25) is 10.1 Å². The lowest BCUT2D eigenvalue weighted by Crippen LogP contribution is -2.64. The van der Waals surface area contributed by atoms with E-state index in [9.17, 15) is 25.2 Å². The Morgan fingerprint density at radius 1 is 1.18 bits per heavy atom. The molecule has 1 heterocycles. The van der Waals surface area contributed by atoms with Crippen molar-refractivity contribution in [3.63, 3.8) is 0 Å². The van der Waals surface area contributed by atoms with E-state index in [-0.39, 0.29) is 19.4 Å². The number of aliphatic carboxylic acids is 1. The largest absolute Gasteiger partial charge is 0.480 e. The van der Waals surface area contributed by atoms with E-state index in [0.29, 0.717) is 0 Å². The maximum absolute atomic E-state index is 11.2. The predicted octanol–water partition coefficient (Wildman–Crippen LogP) is -4.07. The van der Waals surface area contributed by atoms with Gasteiger partial charge in [-0.05, 0) is 12.8 Å². The molecule has 1 rings (SSSR count). The van der Waals surface area contributed by atoms with Crippen molar-refractivity contribution >= 4 is 5.97 Å². The molecule has 1 saturated heterocycles. The van der Waals surface area contributed by atoms with Crippen LogP contribution in [0.4, 0.5) is 0 Å². The van der Waals surface area contributed by atoms with Crippen molar-refractivity contribution in [2.45, 2.75) is 55.6 Å². The molecule has 0 amide bonds. The van der Waals surface area contributed by atoms with Crippen LogP contribution in [-0.2, 0) is 9.53 Å². The van der Waals surface area contributed by atoms with E-state index >= 15 is 0 Å². The van der Waals surface area contributed by atoms with Gasteiger partial charge in [-0.1, -0.05) is 0 Å². The summed E-state index contributed by atoms with van der Waals surface area (Å²) in [6, 6.07) is -1.16. The number of hydrogen-bond acceptors (Lipinski definition) is 9. The van der Waals surface area contributed by atoms with E-state index in [1.807, 2.05) is 0 Å². The van der Waals surface area contributed by atoms with Gasteiger partial charge in [0.2, 0.25) is 0 Å². The molecular formula is C12H24N2O8. The van der Waals surface area contributed by atoms with E-state index < -0.39 is 55.4 Å². The standard InChI is InChI=1S/C12H24N2O8/c13-3-5(16)1-2-6(12(20)21)14-11-10(19)9(18)8(17)7(4-15)22-11/h5-11,14-19H,1-4,13H2,(H,20,21)/t5?,6?,7-,8+,9+,10-,11?/m1/s1. The van der Waals surface area contributed by atoms with Crippen molar-refractivity contribution in [1.82, 2.24) is 5.32 Å². The van der Waals surface area contributed by atoms with Gasteiger partial charge < -0.3 is 41.1 Å². The summed E-state index contributed by atoms with van der Waals surface area (Å²) < 4.78 is 5.17. The van der Waals surface area contributed by atoms with Crippen LogP contribution in [0.5, 0.6) is 0 Å². The molecule has 10 nitrogen and oxygen atoms in total. The minimum atomic E-state index is -1.59. The topological polar surface area (TPSA) is 186 Å². The number of aliphatic hydroxyl groups excluding tert-OH is 5. The number of rotatable bonds is 8. The first-order valence-electron chi connectivity index (χ1n) is 6.99. The van der Waals surface area contributed by atoms with Crippen molar-refractivity contribution in [1.29, 1.82) is 0 Å². The lowest BCUT2D eigenvalue weighted by Gasteiger charge is -2.41. The van der Waals surface area contributed by atoms with E-state index in [4.69, 9.17) is 20.7 Å². The lowest BCUT2D eigenvalue weighted by molar-refractivity contribution is -0.238. The summed E-state index contributed by atoms with van der Waals surface area (Å²) in [7, 11) is 0. The van der Waals surface area contributed by atoms with Crippen molar-refractivity contribution in [2.75, 3.05) is 13.2 Å². The number of carboxylic acids is 1. The minimum Gasteiger partial charge on any atom is -0.480 e. The molecule has 0 aliphatic carbocycles. The summed E-state index contributed by atoms with van der Waals surface area (Å²) >= 11 is 0. The summed E-state index contributed by atoms with van der Waals surface area (Å²) in [6.45, 7) is -0.612. The number of carboxylic acid groups (broad SMARTS) is 1. The highest BCUT2D eigenvalue weighted by atomic mass is 16.6. The van der Waals surface area contributed by atoms with E-state index in [0.717, 1.165) is 0 Å². The summed E-state index contributed by atoms with van der Waals surface area (Å²) in [6.07, 6.45) is -7.79. The van der Waals surface area contributed by atoms with Crippen molar-refractivity contribution < 1.29 is 40.2 Å². The Labute approximate surface area is 127 Å². The Balaban J connectivity index is 2.68. The van der Waals surface area contributed by atoms with Crippen LogP contribution in [0.3, 0.4) is 0 Å². The highest BCUT2D eigenvalue weighted by Gasteiger charge is 2.44. The second-order valence-corrected chi connectivity index (χ2v) is 5.27. The molecule has 0 spiro atoms. The summed E-state index contributed by atoms with van der Waals surface area (Å²) in [5, 5.41) is 59.2. The van der Waals surface area contributed by atoms with Crippen LogP contribution in [-0.4, -0.2) is 92.5 Å². The third-order valence-corrected chi connectivity index (χ3v) is 3.62. The molecule has 0 saturated carbocycles. The third-order valence-electron chi connectivity index (χ3n) is 3.62. The fourth-order valence-corrected chi connectivity index (χ4v) is 2.19. The molecule has 22 heavy (non-hydrogen) atoms. The van der Waals surface area contributed by atoms with Crippen molar-refractivity contribution in [3.8, 4) is 0 Å². The van der Waals surface area contributed by atoms with Gasteiger partial charge in [0.05, 0.1) is 12.7 Å². The Bertz CT molecular complexity index is 356. The normalized spacial score (nSPS) is 35.1. The SMILES string of the molecule is NCC(O)CCC(NC1O[C@H](CO)[C@H](O)[C@H](O)[C@H]1O)C(=O)O. The molecule has 3 unspecified atom stereocenters. The fraction of sp³-hybridized carbons (Fsp3) is 0.917. The van der Waals surface area contributed by atoms with Gasteiger partial charge in [0.1, 0.15) is 36.7 Å². The summed E-state index contributed by atoms with van der Waals surface area (Å²) in [4.78, 5) is 11.2. The number of hydrogen-bond donors (Lipinski definition) is 8. The molecule has 1 aliphatic heterocycles. The number of ether oxygens (including phenoxy) is 1. The molecule has 7 atom stereocenters. The van der Waals surface area contributed by atoms with Crippen LogP contribution in [0, 0.1) is 0 Å². The first-order chi connectivity index (χ1) is 10.3. The first-order valence-corrected chi connectivity index (χ1v) is 6.99. The highest BCUT2D eigenvalue weighted by molar-refractivity contribution is 5.73. The second kappa shape index (κ2) is 8.70. The maximum atomic E-state index is 11.2. The molecule has 0 aromatic carbocycles. The molecular weight excluding hydrogens is 300 g/mol. The van der Waals surface area contributed by atoms with Gasteiger partial charge >= 0.3 is 5.97 Å². The zero-order valence-corrected chi connectivity index (χ0v) is 11.9. The van der Waals surface area contributed by atoms with Gasteiger partial charge in [0.25, 0.3) is 0 Å². The monoisotopic (exact) mass is 324 g/mol. The molecule has 1 fully saturated rings. The molecule has 10 heteroatoms. The zero-order chi connectivity index (χ0) is 16.9. The molecule has 130 valence electrons. The molecule has 0 bridgehead atoms. The smallest absolute Gasteiger partial charge is 0.320 e. The first kappa shape index (κ1) is 19.2. The average molecular weight is 324 g/mol. The molecule has 1 aliphatic rings. The van der Waals surface area contributed by atoms with Gasteiger partial charge in [-0.25, -0.2) is 0 Å². The summed E-state index contributed by atoms with van der Waals surface area (Å²) in [5.74, 6) is -1.24. The van der Waals surface area contributed by atoms with Crippen molar-refractivity contribution in [3.05, 3.63) is 0 Å². The third kappa shape index (κ3) is 4.83. The molecule has 0 aromatic heterocycles. The second-order valence-electron chi connectivity index (χ2n) is 5.27. The van der Waals surface area contributed by atoms with Crippen molar-refractivity contribution in [2.24, 2.45) is 5.73 Å². The highest BCUT2D eigenvalue weighted by Crippen LogP contribution is 2.20.